The summed E-state index contributed by atoms with van der Waals surface area (Å²) in [5.41, 5.74) is 1.79. The second-order valence-corrected chi connectivity index (χ2v) is 6.04. The normalized spacial score (nSPS) is 11.9. The number of hydrogen-bond donors (Lipinski definition) is 1. The van der Waals surface area contributed by atoms with Crippen LogP contribution in [0.15, 0.2) is 44.4 Å². The first-order chi connectivity index (χ1) is 9.47. The summed E-state index contributed by atoms with van der Waals surface area (Å²) in [4.78, 5) is 0. The molecule has 1 N–H and O–H groups in total. The minimum absolute atomic E-state index is 0.1000. The molecule has 3 aromatic rings. The fraction of sp³-hybridized carbons (Fsp3) is 0.154. The summed E-state index contributed by atoms with van der Waals surface area (Å²) in [6.45, 7) is 3.46. The van der Waals surface area contributed by atoms with Gasteiger partial charge in [0, 0.05) is 17.0 Å². The van der Waals surface area contributed by atoms with Gasteiger partial charge in [0.15, 0.2) is 0 Å². The summed E-state index contributed by atoms with van der Waals surface area (Å²) in [7, 11) is -3.83. The molecule has 3 rings (SSSR count). The van der Waals surface area contributed by atoms with Gasteiger partial charge in [0.1, 0.15) is 5.58 Å². The number of sulfonamides is 1. The molecule has 0 bridgehead atoms. The van der Waals surface area contributed by atoms with E-state index in [4.69, 9.17) is 8.94 Å². The number of fused-ring (bicyclic) bond motifs is 1. The zero-order valence-electron chi connectivity index (χ0n) is 10.9. The summed E-state index contributed by atoms with van der Waals surface area (Å²) in [5.74, 6) is 0.1000. The first-order valence-corrected chi connectivity index (χ1v) is 7.40. The second kappa shape index (κ2) is 4.38. The Labute approximate surface area is 115 Å². The van der Waals surface area contributed by atoms with Crippen molar-refractivity contribution >= 4 is 26.9 Å². The minimum atomic E-state index is -3.83. The average molecular weight is 292 g/mol. The van der Waals surface area contributed by atoms with Crippen LogP contribution in [0.2, 0.25) is 0 Å². The van der Waals surface area contributed by atoms with Crippen LogP contribution in [0.1, 0.15) is 11.3 Å². The summed E-state index contributed by atoms with van der Waals surface area (Å²) < 4.78 is 37.1. The highest BCUT2D eigenvalue weighted by atomic mass is 32.2. The number of aryl methyl sites for hydroxylation is 1. The van der Waals surface area contributed by atoms with Crippen molar-refractivity contribution in [3.63, 3.8) is 0 Å². The van der Waals surface area contributed by atoms with Gasteiger partial charge in [0.05, 0.1) is 5.69 Å². The SMILES string of the molecule is Cc1noc(NS(=O)(=O)c2cc3ccccc3o2)c1C. The Kier molecular flexibility index (Phi) is 2.79. The van der Waals surface area contributed by atoms with Gasteiger partial charge in [0.25, 0.3) is 10.0 Å². The molecule has 7 heteroatoms. The molecule has 0 fully saturated rings. The third-order valence-corrected chi connectivity index (χ3v) is 4.24. The largest absolute Gasteiger partial charge is 0.443 e. The molecule has 20 heavy (non-hydrogen) atoms. The highest BCUT2D eigenvalue weighted by Crippen LogP contribution is 2.26. The molecule has 2 aromatic heterocycles. The quantitative estimate of drug-likeness (QED) is 0.802. The molecule has 6 nitrogen and oxygen atoms in total. The fourth-order valence-corrected chi connectivity index (χ4v) is 2.79. The van der Waals surface area contributed by atoms with Gasteiger partial charge in [-0.3, -0.25) is 0 Å². The smallest absolute Gasteiger partial charge is 0.297 e. The van der Waals surface area contributed by atoms with Crippen molar-refractivity contribution in [2.45, 2.75) is 18.9 Å². The Bertz CT molecular complexity index is 844. The maximum Gasteiger partial charge on any atom is 0.297 e. The monoisotopic (exact) mass is 292 g/mol. The van der Waals surface area contributed by atoms with Crippen molar-refractivity contribution < 1.29 is 17.4 Å². The minimum Gasteiger partial charge on any atom is -0.443 e. The van der Waals surface area contributed by atoms with E-state index in [0.717, 1.165) is 5.39 Å². The number of rotatable bonds is 3. The van der Waals surface area contributed by atoms with Crippen LogP contribution in [0.3, 0.4) is 0 Å². The van der Waals surface area contributed by atoms with E-state index in [1.165, 1.54) is 6.07 Å². The van der Waals surface area contributed by atoms with Crippen LogP contribution in [0.5, 0.6) is 0 Å². The zero-order chi connectivity index (χ0) is 14.3. The van der Waals surface area contributed by atoms with Gasteiger partial charge in [-0.05, 0) is 19.9 Å². The fourth-order valence-electron chi connectivity index (χ4n) is 1.77. The van der Waals surface area contributed by atoms with Crippen LogP contribution in [0, 0.1) is 13.8 Å². The number of hydrogen-bond acceptors (Lipinski definition) is 5. The number of benzene rings is 1. The van der Waals surface area contributed by atoms with Gasteiger partial charge in [-0.2, -0.15) is 8.42 Å². The van der Waals surface area contributed by atoms with Crippen molar-refractivity contribution in [1.29, 1.82) is 0 Å². The maximum atomic E-state index is 12.2. The van der Waals surface area contributed by atoms with Crippen molar-refractivity contribution in [2.75, 3.05) is 4.72 Å². The molecule has 0 amide bonds. The summed E-state index contributed by atoms with van der Waals surface area (Å²) in [6.07, 6.45) is 0. The van der Waals surface area contributed by atoms with Crippen molar-refractivity contribution in [1.82, 2.24) is 5.16 Å². The van der Waals surface area contributed by atoms with E-state index in [1.54, 1.807) is 32.0 Å². The average Bonchev–Trinajstić information content (AvgIpc) is 2.98. The molecule has 0 radical (unpaired) electrons. The van der Waals surface area contributed by atoms with Crippen molar-refractivity contribution in [3.05, 3.63) is 41.6 Å². The van der Waals surface area contributed by atoms with Crippen LogP contribution < -0.4 is 4.72 Å². The lowest BCUT2D eigenvalue weighted by Crippen LogP contribution is -2.12. The molecule has 0 aliphatic heterocycles. The van der Waals surface area contributed by atoms with E-state index in [0.29, 0.717) is 16.8 Å². The summed E-state index contributed by atoms with van der Waals surface area (Å²) >= 11 is 0. The highest BCUT2D eigenvalue weighted by molar-refractivity contribution is 7.92. The molecule has 0 aliphatic rings. The highest BCUT2D eigenvalue weighted by Gasteiger charge is 2.23. The van der Waals surface area contributed by atoms with Gasteiger partial charge >= 0.3 is 0 Å². The topological polar surface area (TPSA) is 85.3 Å². The van der Waals surface area contributed by atoms with Crippen molar-refractivity contribution in [3.8, 4) is 0 Å². The van der Waals surface area contributed by atoms with Crippen LogP contribution in [0.4, 0.5) is 5.88 Å². The number of furan rings is 1. The number of anilines is 1. The van der Waals surface area contributed by atoms with Gasteiger partial charge in [-0.15, -0.1) is 0 Å². The lowest BCUT2D eigenvalue weighted by Gasteiger charge is -2.01. The Morgan fingerprint density at radius 3 is 2.60 bits per heavy atom. The van der Waals surface area contributed by atoms with Gasteiger partial charge in [-0.1, -0.05) is 23.4 Å². The molecule has 104 valence electrons. The van der Waals surface area contributed by atoms with Crippen LogP contribution in [-0.4, -0.2) is 13.6 Å². The molecular formula is C13H12N2O4S. The molecule has 0 aliphatic carbocycles. The predicted octanol–water partition coefficient (Wildman–Crippen LogP) is 2.84. The number of para-hydroxylation sites is 1. The first kappa shape index (κ1) is 12.7. The molecule has 0 unspecified atom stereocenters. The Morgan fingerprint density at radius 2 is 1.95 bits per heavy atom. The summed E-state index contributed by atoms with van der Waals surface area (Å²) in [5, 5.41) is 4.26. The second-order valence-electron chi connectivity index (χ2n) is 4.43. The maximum absolute atomic E-state index is 12.2. The standard InChI is InChI=1S/C13H12N2O4S/c1-8-9(2)14-19-13(8)15-20(16,17)12-7-10-5-3-4-6-11(10)18-12/h3-7,15H,1-2H3. The molecule has 2 heterocycles. The van der Waals surface area contributed by atoms with Crippen LogP contribution >= 0.6 is 0 Å². The first-order valence-electron chi connectivity index (χ1n) is 5.91. The van der Waals surface area contributed by atoms with E-state index < -0.39 is 10.0 Å². The van der Waals surface area contributed by atoms with Crippen LogP contribution in [0.25, 0.3) is 11.0 Å². The Hall–Kier alpha value is -2.28. The molecule has 0 saturated heterocycles. The van der Waals surface area contributed by atoms with Gasteiger partial charge in [0.2, 0.25) is 11.0 Å². The number of nitrogens with zero attached hydrogens (tertiary/aromatic N) is 1. The zero-order valence-corrected chi connectivity index (χ0v) is 11.7. The van der Waals surface area contributed by atoms with E-state index in [9.17, 15) is 8.42 Å². The third kappa shape index (κ3) is 2.05. The number of aromatic nitrogens is 1. The Balaban J connectivity index is 2.01. The molecule has 0 spiro atoms. The van der Waals surface area contributed by atoms with E-state index in [2.05, 4.69) is 9.88 Å². The van der Waals surface area contributed by atoms with Crippen molar-refractivity contribution in [2.24, 2.45) is 0 Å². The molecule has 1 aromatic carbocycles. The third-order valence-electron chi connectivity index (χ3n) is 3.05. The molecule has 0 saturated carbocycles. The number of nitrogens with one attached hydrogen (secondary N) is 1. The van der Waals surface area contributed by atoms with E-state index in [-0.39, 0.29) is 11.0 Å². The van der Waals surface area contributed by atoms with Gasteiger partial charge < -0.3 is 8.94 Å². The Morgan fingerprint density at radius 1 is 1.20 bits per heavy atom. The molecular weight excluding hydrogens is 280 g/mol. The van der Waals surface area contributed by atoms with Gasteiger partial charge in [-0.25, -0.2) is 4.72 Å². The van der Waals surface area contributed by atoms with Crippen LogP contribution in [-0.2, 0) is 10.0 Å². The summed E-state index contributed by atoms with van der Waals surface area (Å²) in [6, 6.07) is 8.54. The van der Waals surface area contributed by atoms with E-state index >= 15 is 0 Å². The van der Waals surface area contributed by atoms with E-state index in [1.807, 2.05) is 6.07 Å². The lowest BCUT2D eigenvalue weighted by atomic mass is 10.3. The predicted molar refractivity (Wildman–Crippen MR) is 73.0 cm³/mol. The molecule has 0 atom stereocenters. The lowest BCUT2D eigenvalue weighted by molar-refractivity contribution is 0.429.